The van der Waals surface area contributed by atoms with Crippen molar-refractivity contribution in [2.24, 2.45) is 0 Å². The summed E-state index contributed by atoms with van der Waals surface area (Å²) < 4.78 is 2.23. The van der Waals surface area contributed by atoms with E-state index < -0.39 is 0 Å². The van der Waals surface area contributed by atoms with Gasteiger partial charge in [-0.3, -0.25) is 0 Å². The molecule has 1 atom stereocenters. The second kappa shape index (κ2) is 4.41. The summed E-state index contributed by atoms with van der Waals surface area (Å²) in [6, 6.07) is 0. The van der Waals surface area contributed by atoms with E-state index in [1.54, 1.807) is 6.33 Å². The smallest absolute Gasteiger partial charge is 0.296 e. The zero-order chi connectivity index (χ0) is 10.5. The molecule has 1 aliphatic heterocycles. The first-order chi connectivity index (χ1) is 7.24. The summed E-state index contributed by atoms with van der Waals surface area (Å²) in [4.78, 5) is 11.7. The minimum Gasteiger partial charge on any atom is -1.00 e. The van der Waals surface area contributed by atoms with E-state index >= 15 is 0 Å². The van der Waals surface area contributed by atoms with Gasteiger partial charge in [0.2, 0.25) is 0 Å². The van der Waals surface area contributed by atoms with Crippen LogP contribution in [0.5, 0.6) is 0 Å². The topological polar surface area (TPSA) is 45.5 Å². The van der Waals surface area contributed by atoms with Crippen molar-refractivity contribution in [2.75, 3.05) is 11.1 Å². The van der Waals surface area contributed by atoms with Crippen LogP contribution in [-0.4, -0.2) is 26.0 Å². The van der Waals surface area contributed by atoms with Gasteiger partial charge in [0.15, 0.2) is 10.5 Å². The number of hydrogen-bond acceptors (Lipinski definition) is 3. The van der Waals surface area contributed by atoms with Gasteiger partial charge in [-0.15, -0.1) is 0 Å². The second-order valence-corrected chi connectivity index (χ2v) is 5.46. The Balaban J connectivity index is 0.000000963. The molecule has 7 heteroatoms. The summed E-state index contributed by atoms with van der Waals surface area (Å²) in [6.07, 6.45) is 3.59. The van der Waals surface area contributed by atoms with Gasteiger partial charge in [0, 0.05) is 11.1 Å². The lowest BCUT2D eigenvalue weighted by molar-refractivity contribution is -0.778. The first kappa shape index (κ1) is 12.6. The van der Waals surface area contributed by atoms with Crippen LogP contribution in [0.1, 0.15) is 6.92 Å². The Morgan fingerprint density at radius 2 is 2.44 bits per heavy atom. The quantitative estimate of drug-likeness (QED) is 0.267. The van der Waals surface area contributed by atoms with Gasteiger partial charge < -0.3 is 29.0 Å². The van der Waals surface area contributed by atoms with Crippen molar-refractivity contribution in [3.05, 3.63) is 12.7 Å². The highest BCUT2D eigenvalue weighted by atomic mass is 127. The first-order valence-electron chi connectivity index (χ1n) is 4.67. The molecule has 3 rings (SSSR count). The Hall–Kier alpha value is 0.110. The van der Waals surface area contributed by atoms with Gasteiger partial charge in [-0.2, -0.15) is 4.98 Å². The Morgan fingerprint density at radius 3 is 3.19 bits per heavy atom. The van der Waals surface area contributed by atoms with Gasteiger partial charge in [-0.25, -0.2) is 4.57 Å². The van der Waals surface area contributed by atoms with E-state index in [1.807, 2.05) is 18.1 Å². The molecular weight excluding hydrogens is 403 g/mol. The average molecular weight is 413 g/mol. The average Bonchev–Trinajstić information content (AvgIpc) is 2.83. The van der Waals surface area contributed by atoms with Crippen LogP contribution in [-0.2, 0) is 5.54 Å². The van der Waals surface area contributed by atoms with Crippen LogP contribution < -0.4 is 28.5 Å². The highest BCUT2D eigenvalue weighted by molar-refractivity contribution is 9.09. The number of fused-ring (bicyclic) bond motifs is 3. The van der Waals surface area contributed by atoms with Crippen LogP contribution in [0, 0.1) is 0 Å². The lowest BCUT2D eigenvalue weighted by Gasteiger charge is -2.17. The van der Waals surface area contributed by atoms with E-state index in [0.717, 1.165) is 22.2 Å². The van der Waals surface area contributed by atoms with Crippen LogP contribution >= 0.6 is 27.7 Å². The molecule has 2 aromatic heterocycles. The Morgan fingerprint density at radius 1 is 1.62 bits per heavy atom. The van der Waals surface area contributed by atoms with Gasteiger partial charge in [0.05, 0.1) is 6.33 Å². The Kier molecular flexibility index (Phi) is 3.47. The van der Waals surface area contributed by atoms with Gasteiger partial charge >= 0.3 is 0 Å². The minimum atomic E-state index is 0. The zero-order valence-electron chi connectivity index (χ0n) is 8.57. The van der Waals surface area contributed by atoms with Gasteiger partial charge in [-0.05, 0) is 11.9 Å². The fraction of sp³-hybridized carbons (Fsp3) is 0.444. The number of rotatable bonds is 1. The minimum absolute atomic E-state index is 0. The fourth-order valence-electron chi connectivity index (χ4n) is 1.75. The zero-order valence-corrected chi connectivity index (χ0v) is 13.1. The standard InChI is InChI=1S/C9H9BrN4S.HI/c1-9(2-10)3-15-8-6-7(12-4-11-6)13-5-14(8)9;/h4-5H,2-3H2,1H3;1H. The third-order valence-corrected chi connectivity index (χ3v) is 5.39. The molecule has 0 bridgehead atoms. The molecule has 1 unspecified atom stereocenters. The number of aromatic amines is 1. The third-order valence-electron chi connectivity index (χ3n) is 2.74. The fourth-order valence-corrected chi connectivity index (χ4v) is 3.87. The third kappa shape index (κ3) is 1.67. The van der Waals surface area contributed by atoms with Crippen LogP contribution in [0.4, 0.5) is 0 Å². The lowest BCUT2D eigenvalue weighted by Crippen LogP contribution is -3.00. The van der Waals surface area contributed by atoms with Gasteiger partial charge in [0.25, 0.3) is 12.0 Å². The van der Waals surface area contributed by atoms with E-state index in [9.17, 15) is 0 Å². The number of H-pyrrole nitrogens is 1. The molecule has 2 aromatic rings. The molecule has 16 heavy (non-hydrogen) atoms. The number of thioether (sulfide) groups is 1. The van der Waals surface area contributed by atoms with Gasteiger partial charge in [-0.1, -0.05) is 27.7 Å². The molecule has 1 N–H and O–H groups in total. The molecule has 0 saturated heterocycles. The number of alkyl halides is 1. The van der Waals surface area contributed by atoms with E-state index in [-0.39, 0.29) is 29.5 Å². The molecular formula is C9H10BrIN4S. The second-order valence-electron chi connectivity index (χ2n) is 3.94. The predicted molar refractivity (Wildman–Crippen MR) is 62.2 cm³/mol. The van der Waals surface area contributed by atoms with Crippen molar-refractivity contribution in [1.82, 2.24) is 15.0 Å². The monoisotopic (exact) mass is 412 g/mol. The molecule has 3 heterocycles. The molecule has 4 nitrogen and oxygen atoms in total. The molecule has 0 spiro atoms. The molecule has 0 fully saturated rings. The largest absolute Gasteiger partial charge is 1.00 e. The van der Waals surface area contributed by atoms with E-state index in [1.165, 1.54) is 5.03 Å². The maximum absolute atomic E-state index is 4.34. The molecule has 0 radical (unpaired) electrons. The SMILES string of the molecule is CC1(CBr)CSc2c3[nH]cnc3nc[n+]21.[I-]. The van der Waals surface area contributed by atoms with E-state index in [4.69, 9.17) is 0 Å². The number of imidazole rings is 1. The van der Waals surface area contributed by atoms with Crippen molar-refractivity contribution >= 4 is 38.9 Å². The summed E-state index contributed by atoms with van der Waals surface area (Å²) in [5.74, 6) is 1.07. The predicted octanol–water partition coefficient (Wildman–Crippen LogP) is -1.53. The molecule has 0 aliphatic carbocycles. The first-order valence-corrected chi connectivity index (χ1v) is 6.78. The highest BCUT2D eigenvalue weighted by Gasteiger charge is 2.40. The maximum Gasteiger partial charge on any atom is 0.296 e. The van der Waals surface area contributed by atoms with Crippen molar-refractivity contribution in [1.29, 1.82) is 0 Å². The molecule has 0 saturated carbocycles. The summed E-state index contributed by atoms with van der Waals surface area (Å²) in [6.45, 7) is 2.23. The normalized spacial score (nSPS) is 23.1. The summed E-state index contributed by atoms with van der Waals surface area (Å²) in [7, 11) is 0. The maximum atomic E-state index is 4.34. The molecule has 0 amide bonds. The summed E-state index contributed by atoms with van der Waals surface area (Å²) >= 11 is 5.42. The Bertz CT molecular complexity index is 531. The van der Waals surface area contributed by atoms with Crippen molar-refractivity contribution in [3.63, 3.8) is 0 Å². The number of hydrogen-bond donors (Lipinski definition) is 1. The van der Waals surface area contributed by atoms with Crippen molar-refractivity contribution in [3.8, 4) is 0 Å². The summed E-state index contributed by atoms with van der Waals surface area (Å²) in [5.41, 5.74) is 1.96. The van der Waals surface area contributed by atoms with Gasteiger partial charge in [0.1, 0.15) is 5.54 Å². The van der Waals surface area contributed by atoms with E-state index in [0.29, 0.717) is 0 Å². The number of halogens is 2. The lowest BCUT2D eigenvalue weighted by atomic mass is 10.1. The highest BCUT2D eigenvalue weighted by Crippen LogP contribution is 2.34. The molecule has 0 aromatic carbocycles. The summed E-state index contributed by atoms with van der Waals surface area (Å²) in [5, 5.41) is 2.17. The van der Waals surface area contributed by atoms with Crippen LogP contribution in [0.2, 0.25) is 0 Å². The van der Waals surface area contributed by atoms with Crippen molar-refractivity contribution in [2.45, 2.75) is 17.5 Å². The van der Waals surface area contributed by atoms with Crippen LogP contribution in [0.25, 0.3) is 11.2 Å². The number of nitrogens with zero attached hydrogens (tertiary/aromatic N) is 3. The molecule has 1 aliphatic rings. The molecule has 86 valence electrons. The number of aromatic nitrogens is 4. The van der Waals surface area contributed by atoms with Crippen LogP contribution in [0.3, 0.4) is 0 Å². The van der Waals surface area contributed by atoms with Crippen molar-refractivity contribution < 1.29 is 28.5 Å². The Labute approximate surface area is 123 Å². The number of nitrogens with one attached hydrogen (secondary N) is 1. The van der Waals surface area contributed by atoms with E-state index in [2.05, 4.69) is 42.4 Å². The van der Waals surface area contributed by atoms with Crippen LogP contribution in [0.15, 0.2) is 17.7 Å².